The first-order chi connectivity index (χ1) is 4.63. The Bertz CT molecular complexity index is 117. The summed E-state index contributed by atoms with van der Waals surface area (Å²) in [6.07, 6.45) is 0. The van der Waals surface area contributed by atoms with Gasteiger partial charge in [-0.1, -0.05) is 47.8 Å². The van der Waals surface area contributed by atoms with Crippen molar-refractivity contribution in [2.45, 2.75) is 9.65 Å². The highest BCUT2D eigenvalue weighted by Gasteiger charge is 2.22. The van der Waals surface area contributed by atoms with Crippen LogP contribution in [0.25, 0.3) is 0 Å². The summed E-state index contributed by atoms with van der Waals surface area (Å²) >= 11 is 9.69. The van der Waals surface area contributed by atoms with Gasteiger partial charge in [0.2, 0.25) is 0 Å². The van der Waals surface area contributed by atoms with Crippen LogP contribution in [0, 0.1) is 0 Å². The van der Waals surface area contributed by atoms with Crippen LogP contribution >= 0.6 is 47.8 Å². The zero-order valence-corrected chi connectivity index (χ0v) is 10.1. The van der Waals surface area contributed by atoms with Gasteiger partial charge in [-0.2, -0.15) is 0 Å². The van der Waals surface area contributed by atoms with E-state index in [1.54, 1.807) is 0 Å². The van der Waals surface area contributed by atoms with Crippen molar-refractivity contribution >= 4 is 53.8 Å². The number of carbonyl (C=O) groups excluding carboxylic acids is 1. The highest BCUT2D eigenvalue weighted by atomic mass is 79.9. The van der Waals surface area contributed by atoms with Gasteiger partial charge in [-0.3, -0.25) is 4.79 Å². The van der Waals surface area contributed by atoms with Gasteiger partial charge in [0, 0.05) is 10.2 Å². The fourth-order valence-corrected chi connectivity index (χ4v) is 1.80. The molecule has 0 N–H and O–H groups in total. The Labute approximate surface area is 85.1 Å². The molecule has 0 aromatic heterocycles. The normalized spacial score (nSPS) is 16.0. The Morgan fingerprint density at radius 2 is 2.10 bits per heavy atom. The fourth-order valence-electron chi connectivity index (χ4n) is 0.338. The Morgan fingerprint density at radius 1 is 1.60 bits per heavy atom. The van der Waals surface area contributed by atoms with Gasteiger partial charge < -0.3 is 4.74 Å². The number of rotatable bonds is 3. The molecule has 0 radical (unpaired) electrons. The summed E-state index contributed by atoms with van der Waals surface area (Å²) in [4.78, 5) is 10.6. The van der Waals surface area contributed by atoms with Crippen LogP contribution < -0.4 is 0 Å². The van der Waals surface area contributed by atoms with Gasteiger partial charge in [-0.05, 0) is 0 Å². The zero-order valence-electron chi connectivity index (χ0n) is 5.31. The first-order valence-corrected chi connectivity index (χ1v) is 5.50. The molecular formula is C5H7Br3O2. The van der Waals surface area contributed by atoms with E-state index in [0.29, 0.717) is 5.33 Å². The summed E-state index contributed by atoms with van der Waals surface area (Å²) in [5, 5.41) is 0.706. The molecule has 0 heterocycles. The summed E-state index contributed by atoms with van der Waals surface area (Å²) in [5.41, 5.74) is 0. The minimum Gasteiger partial charge on any atom is -0.468 e. The third-order valence-electron chi connectivity index (χ3n) is 0.891. The molecule has 0 unspecified atom stereocenters. The van der Waals surface area contributed by atoms with E-state index >= 15 is 0 Å². The molecule has 0 saturated heterocycles. The van der Waals surface area contributed by atoms with E-state index in [9.17, 15) is 4.79 Å². The molecule has 0 spiro atoms. The van der Waals surface area contributed by atoms with Crippen LogP contribution in [0.1, 0.15) is 0 Å². The average Bonchev–Trinajstić information content (AvgIpc) is 2.00. The Hall–Kier alpha value is 0.910. The van der Waals surface area contributed by atoms with Crippen LogP contribution in [0.3, 0.4) is 0 Å². The fraction of sp³-hybridized carbons (Fsp3) is 0.800. The molecule has 0 bridgehead atoms. The van der Waals surface area contributed by atoms with E-state index in [2.05, 4.69) is 52.5 Å². The van der Waals surface area contributed by atoms with Gasteiger partial charge >= 0.3 is 5.97 Å². The molecule has 0 aliphatic rings. The molecule has 2 nitrogen and oxygen atoms in total. The second kappa shape index (κ2) is 5.55. The van der Waals surface area contributed by atoms with E-state index < -0.39 is 0 Å². The molecule has 0 aliphatic carbocycles. The van der Waals surface area contributed by atoms with Crippen molar-refractivity contribution in [2.75, 3.05) is 12.4 Å². The molecule has 0 aliphatic heterocycles. The van der Waals surface area contributed by atoms with Crippen molar-refractivity contribution in [2.24, 2.45) is 0 Å². The maximum atomic E-state index is 10.8. The molecule has 0 fully saturated rings. The largest absolute Gasteiger partial charge is 0.468 e. The highest BCUT2D eigenvalue weighted by Crippen LogP contribution is 2.17. The average molecular weight is 339 g/mol. The monoisotopic (exact) mass is 336 g/mol. The first-order valence-electron chi connectivity index (χ1n) is 2.55. The summed E-state index contributed by atoms with van der Waals surface area (Å²) in [5.74, 6) is -0.263. The topological polar surface area (TPSA) is 26.3 Å². The van der Waals surface area contributed by atoms with Gasteiger partial charge in [0.15, 0.2) is 0 Å². The third kappa shape index (κ3) is 3.34. The molecular weight excluding hydrogens is 332 g/mol. The molecule has 0 saturated carbocycles. The van der Waals surface area contributed by atoms with Crippen LogP contribution in [0.2, 0.25) is 0 Å². The van der Waals surface area contributed by atoms with Crippen LogP contribution in [0.4, 0.5) is 0 Å². The van der Waals surface area contributed by atoms with E-state index in [1.807, 2.05) is 0 Å². The summed E-state index contributed by atoms with van der Waals surface area (Å²) in [7, 11) is 1.37. The number of methoxy groups -OCH3 is 1. The van der Waals surface area contributed by atoms with Gasteiger partial charge in [-0.25, -0.2) is 0 Å². The van der Waals surface area contributed by atoms with Crippen LogP contribution in [-0.2, 0) is 9.53 Å². The van der Waals surface area contributed by atoms with Crippen molar-refractivity contribution in [1.29, 1.82) is 0 Å². The lowest BCUT2D eigenvalue weighted by Gasteiger charge is -2.10. The zero-order chi connectivity index (χ0) is 8.15. The molecule has 2 atom stereocenters. The van der Waals surface area contributed by atoms with Gasteiger partial charge in [0.05, 0.1) is 7.11 Å². The Morgan fingerprint density at radius 3 is 2.40 bits per heavy atom. The standard InChI is InChI=1S/C5H7Br3O2/c1-10-5(9)4(8)3(7)2-6/h3-4H,2H2,1H3/t3-,4-/m1/s1. The molecule has 0 aromatic carbocycles. The third-order valence-corrected chi connectivity index (χ3v) is 5.03. The maximum absolute atomic E-state index is 10.8. The van der Waals surface area contributed by atoms with Crippen molar-refractivity contribution in [3.63, 3.8) is 0 Å². The van der Waals surface area contributed by atoms with Crippen molar-refractivity contribution < 1.29 is 9.53 Å². The summed E-state index contributed by atoms with van der Waals surface area (Å²) in [6, 6.07) is 0. The first kappa shape index (κ1) is 10.9. The van der Waals surface area contributed by atoms with Crippen LogP contribution in [0.5, 0.6) is 0 Å². The van der Waals surface area contributed by atoms with Crippen LogP contribution in [-0.4, -0.2) is 28.1 Å². The lowest BCUT2D eigenvalue weighted by molar-refractivity contribution is -0.139. The minimum atomic E-state index is -0.281. The molecule has 5 heteroatoms. The Balaban J connectivity index is 3.81. The second-order valence-corrected chi connectivity index (χ2v) is 4.41. The molecule has 10 heavy (non-hydrogen) atoms. The second-order valence-electron chi connectivity index (χ2n) is 1.60. The van der Waals surface area contributed by atoms with Crippen molar-refractivity contribution in [1.82, 2.24) is 0 Å². The quantitative estimate of drug-likeness (QED) is 0.582. The van der Waals surface area contributed by atoms with E-state index in [1.165, 1.54) is 7.11 Å². The number of hydrogen-bond acceptors (Lipinski definition) is 2. The number of halogens is 3. The van der Waals surface area contributed by atoms with Crippen LogP contribution in [0.15, 0.2) is 0 Å². The summed E-state index contributed by atoms with van der Waals surface area (Å²) < 4.78 is 4.50. The van der Waals surface area contributed by atoms with Gasteiger partial charge in [-0.15, -0.1) is 0 Å². The number of carbonyl (C=O) groups is 1. The molecule has 60 valence electrons. The minimum absolute atomic E-state index is 0.0694. The van der Waals surface area contributed by atoms with E-state index in [-0.39, 0.29) is 15.6 Å². The number of hydrogen-bond donors (Lipinski definition) is 0. The lowest BCUT2D eigenvalue weighted by Crippen LogP contribution is -2.26. The maximum Gasteiger partial charge on any atom is 0.320 e. The number of alkyl halides is 3. The predicted molar refractivity (Wildman–Crippen MR) is 51.2 cm³/mol. The van der Waals surface area contributed by atoms with Crippen molar-refractivity contribution in [3.8, 4) is 0 Å². The van der Waals surface area contributed by atoms with E-state index in [4.69, 9.17) is 0 Å². The SMILES string of the molecule is COC(=O)[C@H](Br)[C@H](Br)CBr. The smallest absolute Gasteiger partial charge is 0.320 e. The molecule has 0 amide bonds. The van der Waals surface area contributed by atoms with Gasteiger partial charge in [0.25, 0.3) is 0 Å². The van der Waals surface area contributed by atoms with Crippen molar-refractivity contribution in [3.05, 3.63) is 0 Å². The van der Waals surface area contributed by atoms with E-state index in [0.717, 1.165) is 0 Å². The lowest BCUT2D eigenvalue weighted by atomic mass is 10.3. The Kier molecular flexibility index (Phi) is 6.05. The number of ether oxygens (including phenoxy) is 1. The molecule has 0 rings (SSSR count). The van der Waals surface area contributed by atoms with Gasteiger partial charge in [0.1, 0.15) is 4.83 Å². The number of esters is 1. The summed E-state index contributed by atoms with van der Waals surface area (Å²) in [6.45, 7) is 0. The highest BCUT2D eigenvalue weighted by molar-refractivity contribution is 9.13. The predicted octanol–water partition coefficient (Wildman–Crippen LogP) is 2.08. The molecule has 0 aromatic rings.